The molecule has 0 fully saturated rings. The first-order valence-electron chi connectivity index (χ1n) is 8.65. The Labute approximate surface area is 162 Å². The largest absolute Gasteiger partial charge is 0.454 e. The van der Waals surface area contributed by atoms with E-state index < -0.39 is 24.6 Å². The first kappa shape index (κ1) is 19.2. The second-order valence-electron chi connectivity index (χ2n) is 6.01. The molecule has 28 heavy (non-hydrogen) atoms. The molecule has 0 radical (unpaired) electrons. The van der Waals surface area contributed by atoms with Gasteiger partial charge in [-0.25, -0.2) is 4.79 Å². The van der Waals surface area contributed by atoms with Crippen molar-refractivity contribution in [1.29, 1.82) is 0 Å². The van der Waals surface area contributed by atoms with Crippen LogP contribution in [0.2, 0.25) is 0 Å². The first-order chi connectivity index (χ1) is 13.5. The second kappa shape index (κ2) is 8.90. The number of amides is 1. The maximum absolute atomic E-state index is 12.0. The number of hydrogen-bond acceptors (Lipinski definition) is 7. The van der Waals surface area contributed by atoms with Gasteiger partial charge in [0.2, 0.25) is 13.4 Å². The predicted octanol–water partition coefficient (Wildman–Crippen LogP) is 2.73. The van der Waals surface area contributed by atoms with Crippen LogP contribution in [-0.4, -0.2) is 37.1 Å². The highest BCUT2D eigenvalue weighted by Gasteiger charge is 2.18. The van der Waals surface area contributed by atoms with Crippen LogP contribution < -0.4 is 14.8 Å². The van der Waals surface area contributed by atoms with Crippen molar-refractivity contribution >= 4 is 23.3 Å². The van der Waals surface area contributed by atoms with Crippen LogP contribution in [0, 0.1) is 0 Å². The smallest absolute Gasteiger partial charge is 0.347 e. The Morgan fingerprint density at radius 2 is 1.89 bits per heavy atom. The van der Waals surface area contributed by atoms with E-state index in [-0.39, 0.29) is 6.79 Å². The lowest BCUT2D eigenvalue weighted by Crippen LogP contribution is -2.31. The van der Waals surface area contributed by atoms with Crippen LogP contribution in [0.4, 0.5) is 5.69 Å². The molecule has 1 aliphatic heterocycles. The van der Waals surface area contributed by atoms with Crippen molar-refractivity contribution in [3.63, 3.8) is 0 Å². The molecule has 0 saturated heterocycles. The van der Waals surface area contributed by atoms with Gasteiger partial charge in [0.05, 0.1) is 5.71 Å². The number of carbonyl (C=O) groups excluding carboxylic acids is 2. The molecule has 0 aliphatic carbocycles. The molecular formula is C20H20N2O6. The SMILES string of the molecule is C/C(=N/OCC(=O)O[C@@H](C)C(=O)Nc1ccccc1)c1ccc2c(c1)OCO2. The van der Waals surface area contributed by atoms with E-state index in [9.17, 15) is 9.59 Å². The molecular weight excluding hydrogens is 364 g/mol. The molecule has 8 nitrogen and oxygen atoms in total. The van der Waals surface area contributed by atoms with Gasteiger partial charge in [0.15, 0.2) is 17.6 Å². The fourth-order valence-electron chi connectivity index (χ4n) is 2.41. The van der Waals surface area contributed by atoms with Crippen molar-refractivity contribution in [2.45, 2.75) is 20.0 Å². The Bertz CT molecular complexity index is 882. The third kappa shape index (κ3) is 5.00. The molecule has 1 N–H and O–H groups in total. The molecule has 146 valence electrons. The summed E-state index contributed by atoms with van der Waals surface area (Å²) in [6.45, 7) is 2.99. The van der Waals surface area contributed by atoms with Gasteiger partial charge in [-0.1, -0.05) is 23.4 Å². The average Bonchev–Trinajstić information content (AvgIpc) is 3.16. The van der Waals surface area contributed by atoms with E-state index in [0.717, 1.165) is 5.56 Å². The van der Waals surface area contributed by atoms with Gasteiger partial charge in [-0.15, -0.1) is 0 Å². The van der Waals surface area contributed by atoms with Crippen LogP contribution in [0.25, 0.3) is 0 Å². The fraction of sp³-hybridized carbons (Fsp3) is 0.250. The van der Waals surface area contributed by atoms with Crippen LogP contribution in [0.1, 0.15) is 19.4 Å². The van der Waals surface area contributed by atoms with Gasteiger partial charge in [0, 0.05) is 11.3 Å². The maximum atomic E-state index is 12.0. The van der Waals surface area contributed by atoms with Crippen molar-refractivity contribution in [2.24, 2.45) is 5.16 Å². The maximum Gasteiger partial charge on any atom is 0.347 e. The Hall–Kier alpha value is -3.55. The van der Waals surface area contributed by atoms with Crippen LogP contribution >= 0.6 is 0 Å². The van der Waals surface area contributed by atoms with Gasteiger partial charge in [-0.2, -0.15) is 0 Å². The molecule has 0 bridgehead atoms. The van der Waals surface area contributed by atoms with Crippen LogP contribution in [0.3, 0.4) is 0 Å². The number of hydrogen-bond donors (Lipinski definition) is 1. The highest BCUT2D eigenvalue weighted by molar-refractivity contribution is 5.99. The summed E-state index contributed by atoms with van der Waals surface area (Å²) in [5, 5.41) is 6.56. The van der Waals surface area contributed by atoms with E-state index in [0.29, 0.717) is 22.9 Å². The summed E-state index contributed by atoms with van der Waals surface area (Å²) in [5.74, 6) is 0.172. The fourth-order valence-corrected chi connectivity index (χ4v) is 2.41. The molecule has 0 unspecified atom stereocenters. The van der Waals surface area contributed by atoms with Gasteiger partial charge in [0.1, 0.15) is 0 Å². The van der Waals surface area contributed by atoms with Crippen LogP contribution in [-0.2, 0) is 19.2 Å². The minimum absolute atomic E-state index is 0.188. The molecule has 8 heteroatoms. The normalized spacial score (nSPS) is 13.6. The molecule has 2 aromatic rings. The van der Waals surface area contributed by atoms with Gasteiger partial charge >= 0.3 is 5.97 Å². The highest BCUT2D eigenvalue weighted by atomic mass is 16.7. The van der Waals surface area contributed by atoms with Crippen LogP contribution in [0.15, 0.2) is 53.7 Å². The van der Waals surface area contributed by atoms with E-state index in [1.54, 1.807) is 43.3 Å². The molecule has 0 spiro atoms. The van der Waals surface area contributed by atoms with Crippen molar-refractivity contribution in [1.82, 2.24) is 0 Å². The molecule has 0 aromatic heterocycles. The summed E-state index contributed by atoms with van der Waals surface area (Å²) in [5.41, 5.74) is 1.95. The lowest BCUT2D eigenvalue weighted by atomic mass is 10.1. The monoisotopic (exact) mass is 384 g/mol. The number of carbonyl (C=O) groups is 2. The van der Waals surface area contributed by atoms with Gasteiger partial charge < -0.3 is 24.4 Å². The Kier molecular flexibility index (Phi) is 6.11. The summed E-state index contributed by atoms with van der Waals surface area (Å²) in [6, 6.07) is 14.3. The summed E-state index contributed by atoms with van der Waals surface area (Å²) in [4.78, 5) is 28.9. The van der Waals surface area contributed by atoms with E-state index in [4.69, 9.17) is 19.0 Å². The number of oxime groups is 1. The Morgan fingerprint density at radius 3 is 2.68 bits per heavy atom. The third-order valence-corrected chi connectivity index (χ3v) is 3.89. The Morgan fingerprint density at radius 1 is 1.14 bits per heavy atom. The first-order valence-corrected chi connectivity index (χ1v) is 8.65. The summed E-state index contributed by atoms with van der Waals surface area (Å²) in [7, 11) is 0. The molecule has 2 aromatic carbocycles. The average molecular weight is 384 g/mol. The molecule has 1 amide bonds. The summed E-state index contributed by atoms with van der Waals surface area (Å²) in [6.07, 6.45) is -0.963. The number of fused-ring (bicyclic) bond motifs is 1. The van der Waals surface area contributed by atoms with Crippen molar-refractivity contribution in [3.05, 3.63) is 54.1 Å². The number of esters is 1. The zero-order valence-electron chi connectivity index (χ0n) is 15.5. The lowest BCUT2D eigenvalue weighted by molar-refractivity contribution is -0.157. The number of rotatable bonds is 7. The van der Waals surface area contributed by atoms with E-state index >= 15 is 0 Å². The van der Waals surface area contributed by atoms with Crippen molar-refractivity contribution < 1.29 is 28.6 Å². The summed E-state index contributed by atoms with van der Waals surface area (Å²) < 4.78 is 15.6. The zero-order chi connectivity index (χ0) is 19.9. The molecule has 0 saturated carbocycles. The highest BCUT2D eigenvalue weighted by Crippen LogP contribution is 2.32. The number of anilines is 1. The quantitative estimate of drug-likeness (QED) is 0.448. The van der Waals surface area contributed by atoms with Gasteiger partial charge in [0.25, 0.3) is 5.91 Å². The standard InChI is InChI=1S/C20H20N2O6/c1-13(15-8-9-17-18(10-15)26-12-25-17)22-27-11-19(23)28-14(2)20(24)21-16-6-4-3-5-7-16/h3-10,14H,11-12H2,1-2H3,(H,21,24)/b22-13-/t14-/m0/s1. The van der Waals surface area contributed by atoms with Crippen molar-refractivity contribution in [3.8, 4) is 11.5 Å². The second-order valence-corrected chi connectivity index (χ2v) is 6.01. The van der Waals surface area contributed by atoms with Gasteiger partial charge in [-0.3, -0.25) is 4.79 Å². The lowest BCUT2D eigenvalue weighted by Gasteiger charge is -2.13. The van der Waals surface area contributed by atoms with Crippen molar-refractivity contribution in [2.75, 3.05) is 18.7 Å². The molecule has 3 rings (SSSR count). The minimum atomic E-state index is -0.963. The zero-order valence-corrected chi connectivity index (χ0v) is 15.5. The predicted molar refractivity (Wildman–Crippen MR) is 101 cm³/mol. The van der Waals surface area contributed by atoms with E-state index in [2.05, 4.69) is 10.5 Å². The molecule has 1 heterocycles. The number of para-hydroxylation sites is 1. The number of nitrogens with zero attached hydrogens (tertiary/aromatic N) is 1. The van der Waals surface area contributed by atoms with Crippen LogP contribution in [0.5, 0.6) is 11.5 Å². The number of nitrogens with one attached hydrogen (secondary N) is 1. The number of benzene rings is 2. The topological polar surface area (TPSA) is 95.5 Å². The van der Waals surface area contributed by atoms with E-state index in [1.807, 2.05) is 12.1 Å². The Balaban J connectivity index is 1.45. The molecule has 1 aliphatic rings. The van der Waals surface area contributed by atoms with Gasteiger partial charge in [-0.05, 0) is 44.2 Å². The van der Waals surface area contributed by atoms with E-state index in [1.165, 1.54) is 6.92 Å². The minimum Gasteiger partial charge on any atom is -0.454 e. The number of ether oxygens (including phenoxy) is 3. The summed E-state index contributed by atoms with van der Waals surface area (Å²) >= 11 is 0. The third-order valence-electron chi connectivity index (χ3n) is 3.89. The molecule has 1 atom stereocenters.